The highest BCUT2D eigenvalue weighted by Crippen LogP contribution is 2.53. The van der Waals surface area contributed by atoms with E-state index in [1.54, 1.807) is 13.0 Å². The first-order valence-electron chi connectivity index (χ1n) is 18.1. The summed E-state index contributed by atoms with van der Waals surface area (Å²) in [7, 11) is 0. The molecule has 268 valence electrons. The summed E-state index contributed by atoms with van der Waals surface area (Å²) in [6, 6.07) is 15.1. The highest BCUT2D eigenvalue weighted by atomic mass is 19.1. The molecule has 1 aliphatic carbocycles. The van der Waals surface area contributed by atoms with Crippen LogP contribution in [-0.4, -0.2) is 76.2 Å². The van der Waals surface area contributed by atoms with Crippen LogP contribution in [0.25, 0.3) is 22.0 Å². The number of nitrogens with zero attached hydrogens (tertiary/aromatic N) is 4. The van der Waals surface area contributed by atoms with Gasteiger partial charge in [0.15, 0.2) is 5.75 Å². The standard InChI is InChI=1S/C40H45FN4O6/c1-23-30(17-28(46)18-33(23)41)34-31(25-10-11-25)19-32-35(36(34)49-22-24-8-6-5-7-9-24)42-38(50-29-12-14-48-15-13-29)43-37(32)44-20-27-16-26(44)21-45(27)39(47)51-40(2,3)4/h5-9,17-19,25-27,29,46H,10-16,20-22H2,1-4H3/t26-,27-/m0/s1. The van der Waals surface area contributed by atoms with Gasteiger partial charge in [-0.2, -0.15) is 9.97 Å². The zero-order valence-electron chi connectivity index (χ0n) is 29.7. The van der Waals surface area contributed by atoms with Crippen molar-refractivity contribution >= 4 is 22.8 Å². The molecule has 4 heterocycles. The van der Waals surface area contributed by atoms with E-state index in [-0.39, 0.29) is 48.6 Å². The lowest BCUT2D eigenvalue weighted by Crippen LogP contribution is -2.50. The quantitative estimate of drug-likeness (QED) is 0.199. The van der Waals surface area contributed by atoms with E-state index in [1.165, 1.54) is 0 Å². The van der Waals surface area contributed by atoms with Crippen LogP contribution in [0, 0.1) is 12.7 Å². The molecule has 3 saturated heterocycles. The topological polar surface area (TPSA) is 106 Å². The first kappa shape index (κ1) is 33.5. The van der Waals surface area contributed by atoms with Gasteiger partial charge < -0.3 is 33.9 Å². The Hall–Kier alpha value is -4.64. The fourth-order valence-corrected chi connectivity index (χ4v) is 7.69. The van der Waals surface area contributed by atoms with Crippen molar-refractivity contribution < 1.29 is 33.2 Å². The Morgan fingerprint density at radius 3 is 2.47 bits per heavy atom. The van der Waals surface area contributed by atoms with Crippen molar-refractivity contribution in [1.29, 1.82) is 0 Å². The molecule has 51 heavy (non-hydrogen) atoms. The Bertz CT molecular complexity index is 1960. The van der Waals surface area contributed by atoms with Crippen LogP contribution in [-0.2, 0) is 16.1 Å². The monoisotopic (exact) mass is 696 g/mol. The average molecular weight is 697 g/mol. The molecule has 1 aromatic heterocycles. The zero-order valence-corrected chi connectivity index (χ0v) is 29.7. The molecule has 1 N–H and O–H groups in total. The minimum Gasteiger partial charge on any atom is -0.508 e. The van der Waals surface area contributed by atoms with Gasteiger partial charge >= 0.3 is 12.1 Å². The number of rotatable bonds is 8. The van der Waals surface area contributed by atoms with Crippen LogP contribution in [0.3, 0.4) is 0 Å². The fraction of sp³-hybridized carbons (Fsp3) is 0.475. The minimum atomic E-state index is -0.582. The van der Waals surface area contributed by atoms with Gasteiger partial charge in [0.2, 0.25) is 0 Å². The van der Waals surface area contributed by atoms with E-state index in [9.17, 15) is 9.90 Å². The van der Waals surface area contributed by atoms with E-state index in [4.69, 9.17) is 28.9 Å². The number of hydrogen-bond acceptors (Lipinski definition) is 9. The third-order valence-electron chi connectivity index (χ3n) is 10.4. The molecule has 1 amide bonds. The lowest BCUT2D eigenvalue weighted by Gasteiger charge is -2.36. The number of phenols is 1. The summed E-state index contributed by atoms with van der Waals surface area (Å²) < 4.78 is 40.0. The second kappa shape index (κ2) is 13.2. The highest BCUT2D eigenvalue weighted by Gasteiger charge is 2.48. The van der Waals surface area contributed by atoms with E-state index in [1.807, 2.05) is 56.0 Å². The molecule has 0 radical (unpaired) electrons. The number of hydrogen-bond donors (Lipinski definition) is 1. The van der Waals surface area contributed by atoms with Gasteiger partial charge in [-0.3, -0.25) is 0 Å². The summed E-state index contributed by atoms with van der Waals surface area (Å²) >= 11 is 0. The number of benzene rings is 3. The number of aromatic hydroxyl groups is 1. The number of amides is 1. The van der Waals surface area contributed by atoms with E-state index < -0.39 is 11.4 Å². The number of ether oxygens (including phenoxy) is 4. The van der Waals surface area contributed by atoms with Crippen molar-refractivity contribution in [3.05, 3.63) is 71.0 Å². The molecule has 3 aliphatic heterocycles. The summed E-state index contributed by atoms with van der Waals surface area (Å²) in [5.41, 5.74) is 3.69. The highest BCUT2D eigenvalue weighted by molar-refractivity contribution is 6.01. The van der Waals surface area contributed by atoms with Crippen molar-refractivity contribution in [3.8, 4) is 28.6 Å². The van der Waals surface area contributed by atoms with E-state index in [2.05, 4.69) is 11.0 Å². The minimum absolute atomic E-state index is 0.0244. The summed E-state index contributed by atoms with van der Waals surface area (Å²) in [6.45, 7) is 9.95. The van der Waals surface area contributed by atoms with Crippen molar-refractivity contribution in [3.63, 3.8) is 0 Å². The van der Waals surface area contributed by atoms with Crippen molar-refractivity contribution in [2.45, 2.75) is 96.1 Å². The molecule has 8 rings (SSSR count). The van der Waals surface area contributed by atoms with Crippen molar-refractivity contribution in [1.82, 2.24) is 14.9 Å². The predicted octanol–water partition coefficient (Wildman–Crippen LogP) is 7.66. The summed E-state index contributed by atoms with van der Waals surface area (Å²) in [6.07, 6.45) is 3.81. The largest absolute Gasteiger partial charge is 0.508 e. The second-order valence-corrected chi connectivity index (χ2v) is 15.3. The Kier molecular flexibility index (Phi) is 8.64. The molecule has 4 fully saturated rings. The molecular formula is C40H45FN4O6. The van der Waals surface area contributed by atoms with Gasteiger partial charge in [0, 0.05) is 42.9 Å². The maximum absolute atomic E-state index is 15.3. The van der Waals surface area contributed by atoms with Gasteiger partial charge in [-0.05, 0) is 87.3 Å². The zero-order chi connectivity index (χ0) is 35.4. The number of aromatic nitrogens is 2. The molecule has 11 heteroatoms. The normalized spacial score (nSPS) is 20.6. The van der Waals surface area contributed by atoms with E-state index in [0.717, 1.165) is 66.1 Å². The van der Waals surface area contributed by atoms with Crippen LogP contribution in [0.1, 0.15) is 75.5 Å². The molecule has 2 atom stereocenters. The number of piperazine rings is 1. The maximum atomic E-state index is 15.3. The molecular weight excluding hydrogens is 651 g/mol. The molecule has 1 saturated carbocycles. The number of halogens is 1. The van der Waals surface area contributed by atoms with Gasteiger partial charge in [0.05, 0.1) is 25.3 Å². The van der Waals surface area contributed by atoms with E-state index in [0.29, 0.717) is 48.7 Å². The molecule has 2 bridgehead atoms. The molecule has 4 aliphatic rings. The van der Waals surface area contributed by atoms with E-state index >= 15 is 4.39 Å². The number of fused-ring (bicyclic) bond motifs is 3. The van der Waals surface area contributed by atoms with Crippen LogP contribution in [0.15, 0.2) is 48.5 Å². The fourth-order valence-electron chi connectivity index (χ4n) is 7.69. The first-order valence-corrected chi connectivity index (χ1v) is 18.1. The summed E-state index contributed by atoms with van der Waals surface area (Å²) in [5, 5.41) is 11.5. The van der Waals surface area contributed by atoms with Crippen LogP contribution in [0.4, 0.5) is 15.0 Å². The van der Waals surface area contributed by atoms with Gasteiger partial charge in [-0.25, -0.2) is 9.18 Å². The van der Waals surface area contributed by atoms with Crippen molar-refractivity contribution in [2.75, 3.05) is 31.2 Å². The Morgan fingerprint density at radius 2 is 1.78 bits per heavy atom. The lowest BCUT2D eigenvalue weighted by atomic mass is 9.90. The lowest BCUT2D eigenvalue weighted by molar-refractivity contribution is 0.0206. The molecule has 3 aromatic carbocycles. The number of phenolic OH excluding ortho intramolecular Hbond substituents is 1. The smallest absolute Gasteiger partial charge is 0.410 e. The predicted molar refractivity (Wildman–Crippen MR) is 191 cm³/mol. The van der Waals surface area contributed by atoms with Gasteiger partial charge in [0.1, 0.15) is 41.2 Å². The SMILES string of the molecule is Cc1c(F)cc(O)cc1-c1c(C2CC2)cc2c(N3C[C@@H]4C[C@H]3CN4C(=O)OC(C)(C)C)nc(OC3CCOCC3)nc2c1OCc1ccccc1. The van der Waals surface area contributed by atoms with Crippen LogP contribution in [0.5, 0.6) is 17.5 Å². The third-order valence-corrected chi connectivity index (χ3v) is 10.4. The summed E-state index contributed by atoms with van der Waals surface area (Å²) in [4.78, 5) is 27.5. The molecule has 10 nitrogen and oxygen atoms in total. The molecule has 4 aromatic rings. The Balaban J connectivity index is 1.30. The number of likely N-dealkylation sites (tertiary alicyclic amines) is 1. The second-order valence-electron chi connectivity index (χ2n) is 15.3. The van der Waals surface area contributed by atoms with Gasteiger partial charge in [0.25, 0.3) is 0 Å². The first-order chi connectivity index (χ1) is 24.5. The van der Waals surface area contributed by atoms with Crippen molar-refractivity contribution in [2.24, 2.45) is 0 Å². The Morgan fingerprint density at radius 1 is 1.02 bits per heavy atom. The van der Waals surface area contributed by atoms with Crippen LogP contribution >= 0.6 is 0 Å². The number of carbonyl (C=O) groups is 1. The van der Waals surface area contributed by atoms with Gasteiger partial charge in [-0.15, -0.1) is 0 Å². The van der Waals surface area contributed by atoms with Crippen LogP contribution in [0.2, 0.25) is 0 Å². The van der Waals surface area contributed by atoms with Crippen LogP contribution < -0.4 is 14.4 Å². The third kappa shape index (κ3) is 6.76. The summed E-state index contributed by atoms with van der Waals surface area (Å²) in [5.74, 6) is 0.827. The molecule has 0 spiro atoms. The van der Waals surface area contributed by atoms with Gasteiger partial charge in [-0.1, -0.05) is 30.3 Å². The number of anilines is 1. The maximum Gasteiger partial charge on any atom is 0.410 e. The molecule has 0 unspecified atom stereocenters. The Labute approximate surface area is 297 Å². The number of carbonyl (C=O) groups excluding carboxylic acids is 1. The average Bonchev–Trinajstić information content (AvgIpc) is 3.75.